The first-order valence-electron chi connectivity index (χ1n) is 11.0. The molecule has 0 saturated heterocycles. The predicted octanol–water partition coefficient (Wildman–Crippen LogP) is 4.01. The third-order valence-electron chi connectivity index (χ3n) is 5.58. The van der Waals surface area contributed by atoms with Crippen LogP contribution in [-0.4, -0.2) is 24.1 Å². The van der Waals surface area contributed by atoms with E-state index in [4.69, 9.17) is 25.4 Å². The largest absolute Gasteiger partial charge is 0.489 e. The van der Waals surface area contributed by atoms with Crippen LogP contribution in [0.4, 0.5) is 0 Å². The van der Waals surface area contributed by atoms with Crippen LogP contribution in [0.5, 0.6) is 5.75 Å². The fraction of sp³-hybridized carbons (Fsp3) is 0.185. The number of nitrogens with two attached hydrogens (primary N) is 2. The summed E-state index contributed by atoms with van der Waals surface area (Å²) in [4.78, 5) is 22.9. The maximum absolute atomic E-state index is 11.6. The Hall–Kier alpha value is -4.14. The normalized spacial score (nSPS) is 11.0. The van der Waals surface area contributed by atoms with Crippen molar-refractivity contribution in [3.05, 3.63) is 88.7 Å². The fourth-order valence-electron chi connectivity index (χ4n) is 3.96. The maximum atomic E-state index is 11.6. The average Bonchev–Trinajstić information content (AvgIpc) is 3.25. The quantitative estimate of drug-likeness (QED) is 0.316. The second-order valence-corrected chi connectivity index (χ2v) is 8.16. The Labute approximate surface area is 202 Å². The Morgan fingerprint density at radius 3 is 2.54 bits per heavy atom. The van der Waals surface area contributed by atoms with Crippen LogP contribution in [0.25, 0.3) is 22.1 Å². The van der Waals surface area contributed by atoms with Gasteiger partial charge >= 0.3 is 5.97 Å². The molecule has 1 heterocycles. The number of primary amides is 1. The van der Waals surface area contributed by atoms with Crippen LogP contribution in [0.3, 0.4) is 0 Å². The molecule has 4 aromatic rings. The highest BCUT2D eigenvalue weighted by atomic mass is 16.5. The number of aliphatic carboxylic acids is 1. The zero-order valence-electron chi connectivity index (χ0n) is 19.2. The fourth-order valence-corrected chi connectivity index (χ4v) is 3.96. The Morgan fingerprint density at radius 1 is 1.00 bits per heavy atom. The number of hydrogen-bond acceptors (Lipinski definition) is 6. The van der Waals surface area contributed by atoms with Crippen LogP contribution >= 0.6 is 0 Å². The molecule has 180 valence electrons. The topological polar surface area (TPSA) is 138 Å². The predicted molar refractivity (Wildman–Crippen MR) is 131 cm³/mol. The lowest BCUT2D eigenvalue weighted by Gasteiger charge is -2.13. The number of ether oxygens (including phenoxy) is 2. The molecule has 0 saturated carbocycles. The molecule has 35 heavy (non-hydrogen) atoms. The average molecular weight is 475 g/mol. The second-order valence-electron chi connectivity index (χ2n) is 8.16. The SMILES string of the molecule is COCc1cc2cc(COc3cc(C(N)=O)ccc3CC(=O)O)cc(-c3cccc(CN)c3)c2o1. The lowest BCUT2D eigenvalue weighted by Crippen LogP contribution is -2.12. The molecule has 8 heteroatoms. The number of rotatable bonds is 10. The van der Waals surface area contributed by atoms with Crippen molar-refractivity contribution in [1.29, 1.82) is 0 Å². The molecule has 5 N–H and O–H groups in total. The first-order chi connectivity index (χ1) is 16.9. The smallest absolute Gasteiger partial charge is 0.307 e. The molecular weight excluding hydrogens is 448 g/mol. The van der Waals surface area contributed by atoms with E-state index in [1.54, 1.807) is 13.2 Å². The Balaban J connectivity index is 1.74. The van der Waals surface area contributed by atoms with Gasteiger partial charge in [-0.2, -0.15) is 0 Å². The summed E-state index contributed by atoms with van der Waals surface area (Å²) in [6.45, 7) is 0.885. The summed E-state index contributed by atoms with van der Waals surface area (Å²) < 4.78 is 17.3. The van der Waals surface area contributed by atoms with Gasteiger partial charge in [-0.1, -0.05) is 24.3 Å². The van der Waals surface area contributed by atoms with Gasteiger partial charge in [0.2, 0.25) is 5.91 Å². The number of fused-ring (bicyclic) bond motifs is 1. The molecule has 0 bridgehead atoms. The number of benzene rings is 3. The van der Waals surface area contributed by atoms with E-state index < -0.39 is 11.9 Å². The number of carbonyl (C=O) groups is 2. The van der Waals surface area contributed by atoms with Crippen LogP contribution in [0.15, 0.2) is 65.1 Å². The molecule has 0 spiro atoms. The molecule has 0 radical (unpaired) electrons. The molecule has 8 nitrogen and oxygen atoms in total. The summed E-state index contributed by atoms with van der Waals surface area (Å²) in [5, 5.41) is 10.1. The molecule has 4 rings (SSSR count). The molecule has 1 amide bonds. The number of methoxy groups -OCH3 is 1. The molecular formula is C27H26N2O6. The van der Waals surface area contributed by atoms with Gasteiger partial charge < -0.3 is 30.5 Å². The Bertz CT molecular complexity index is 1390. The second kappa shape index (κ2) is 10.4. The highest BCUT2D eigenvalue weighted by molar-refractivity contribution is 5.94. The summed E-state index contributed by atoms with van der Waals surface area (Å²) in [5.74, 6) is -0.643. The number of carboxylic acid groups (broad SMARTS) is 1. The van der Waals surface area contributed by atoms with E-state index in [0.29, 0.717) is 30.2 Å². The van der Waals surface area contributed by atoms with E-state index in [2.05, 4.69) is 0 Å². The van der Waals surface area contributed by atoms with Crippen molar-refractivity contribution >= 4 is 22.8 Å². The summed E-state index contributed by atoms with van der Waals surface area (Å²) in [7, 11) is 1.60. The van der Waals surface area contributed by atoms with Gasteiger partial charge in [-0.25, -0.2) is 0 Å². The van der Waals surface area contributed by atoms with Crippen molar-refractivity contribution in [3.8, 4) is 16.9 Å². The van der Waals surface area contributed by atoms with Gasteiger partial charge in [0, 0.05) is 35.7 Å². The standard InChI is InChI=1S/C27H26N2O6/c1-33-15-22-10-21-8-17(9-23(26(21)35-22)18-4-2-3-16(7-18)13-28)14-34-24-11-20(27(29)32)6-5-19(24)12-25(30)31/h2-11H,12-15,28H2,1H3,(H2,29,32)(H,30,31). The number of carbonyl (C=O) groups excluding carboxylic acids is 1. The van der Waals surface area contributed by atoms with Gasteiger partial charge in [0.25, 0.3) is 0 Å². The third-order valence-corrected chi connectivity index (χ3v) is 5.58. The minimum Gasteiger partial charge on any atom is -0.489 e. The highest BCUT2D eigenvalue weighted by Crippen LogP contribution is 2.34. The van der Waals surface area contributed by atoms with Crippen molar-refractivity contribution in [2.75, 3.05) is 7.11 Å². The Kier molecular flexibility index (Phi) is 7.14. The summed E-state index contributed by atoms with van der Waals surface area (Å²) >= 11 is 0. The zero-order chi connectivity index (χ0) is 24.9. The first kappa shape index (κ1) is 24.0. The third kappa shape index (κ3) is 5.51. The van der Waals surface area contributed by atoms with E-state index in [9.17, 15) is 14.7 Å². The van der Waals surface area contributed by atoms with Gasteiger partial charge in [-0.3, -0.25) is 9.59 Å². The van der Waals surface area contributed by atoms with Crippen LogP contribution < -0.4 is 16.2 Å². The van der Waals surface area contributed by atoms with Gasteiger partial charge in [0.1, 0.15) is 30.3 Å². The van der Waals surface area contributed by atoms with E-state index in [-0.39, 0.29) is 18.6 Å². The van der Waals surface area contributed by atoms with E-state index in [0.717, 1.165) is 33.2 Å². The van der Waals surface area contributed by atoms with Crippen LogP contribution in [0.2, 0.25) is 0 Å². The molecule has 0 unspecified atom stereocenters. The van der Waals surface area contributed by atoms with E-state index >= 15 is 0 Å². The molecule has 0 aliphatic heterocycles. The minimum atomic E-state index is -1.01. The molecule has 0 atom stereocenters. The number of amides is 1. The summed E-state index contributed by atoms with van der Waals surface area (Å²) in [5.41, 5.74) is 16.3. The van der Waals surface area contributed by atoms with Gasteiger partial charge in [-0.15, -0.1) is 0 Å². The summed E-state index contributed by atoms with van der Waals surface area (Å²) in [6.07, 6.45) is -0.243. The monoisotopic (exact) mass is 474 g/mol. The van der Waals surface area contributed by atoms with Crippen molar-refractivity contribution in [1.82, 2.24) is 0 Å². The van der Waals surface area contributed by atoms with Gasteiger partial charge in [0.05, 0.1) is 6.42 Å². The first-order valence-corrected chi connectivity index (χ1v) is 11.0. The lowest BCUT2D eigenvalue weighted by molar-refractivity contribution is -0.136. The minimum absolute atomic E-state index is 0.138. The van der Waals surface area contributed by atoms with Crippen molar-refractivity contribution < 1.29 is 28.6 Å². The number of furan rings is 1. The van der Waals surface area contributed by atoms with E-state index in [1.807, 2.05) is 42.5 Å². The van der Waals surface area contributed by atoms with Gasteiger partial charge in [0.15, 0.2) is 0 Å². The lowest BCUT2D eigenvalue weighted by atomic mass is 9.99. The van der Waals surface area contributed by atoms with Gasteiger partial charge in [-0.05, 0) is 53.1 Å². The molecule has 3 aromatic carbocycles. The van der Waals surface area contributed by atoms with Crippen molar-refractivity contribution in [2.45, 2.75) is 26.2 Å². The molecule has 0 fully saturated rings. The highest BCUT2D eigenvalue weighted by Gasteiger charge is 2.15. The number of carboxylic acids is 1. The molecule has 0 aliphatic carbocycles. The van der Waals surface area contributed by atoms with E-state index in [1.165, 1.54) is 12.1 Å². The van der Waals surface area contributed by atoms with Crippen molar-refractivity contribution in [2.24, 2.45) is 11.5 Å². The number of hydrogen-bond donors (Lipinski definition) is 3. The maximum Gasteiger partial charge on any atom is 0.307 e. The van der Waals surface area contributed by atoms with Crippen LogP contribution in [0, 0.1) is 0 Å². The van der Waals surface area contributed by atoms with Crippen LogP contribution in [0.1, 0.15) is 32.8 Å². The summed E-state index contributed by atoms with van der Waals surface area (Å²) in [6, 6.07) is 18.2. The zero-order valence-corrected chi connectivity index (χ0v) is 19.2. The van der Waals surface area contributed by atoms with Crippen LogP contribution in [-0.2, 0) is 35.7 Å². The Morgan fingerprint density at radius 2 is 1.83 bits per heavy atom. The molecule has 1 aromatic heterocycles. The van der Waals surface area contributed by atoms with Crippen molar-refractivity contribution in [3.63, 3.8) is 0 Å². The molecule has 0 aliphatic rings.